The Kier molecular flexibility index (Phi) is 24.4. The molecule has 0 bridgehead atoms. The second kappa shape index (κ2) is 26.1. The number of hydrogen-bond acceptors (Lipinski definition) is 11. The van der Waals surface area contributed by atoms with Crippen LogP contribution in [0.4, 0.5) is 0 Å². The second-order valence-electron chi connectivity index (χ2n) is 12.1. The van der Waals surface area contributed by atoms with Crippen molar-refractivity contribution in [3.05, 3.63) is 0 Å². The lowest BCUT2D eigenvalue weighted by molar-refractivity contribution is -0.301. The molecule has 12 nitrogen and oxygen atoms in total. The highest BCUT2D eigenvalue weighted by Gasteiger charge is 2.48. The van der Waals surface area contributed by atoms with Crippen LogP contribution >= 0.6 is 0 Å². The third-order valence-electron chi connectivity index (χ3n) is 7.98. The summed E-state index contributed by atoms with van der Waals surface area (Å²) in [5.74, 6) is -0.433. The SMILES string of the molecule is CCCCCCCCCCCCCCCCCCOCC(COC1OC(CO)C(O)C(OS(=O)(=O)O)C1O)OC(=O)CCCC. The molecule has 1 aliphatic heterocycles. The van der Waals surface area contributed by atoms with E-state index in [1.807, 2.05) is 6.92 Å². The molecule has 0 spiro atoms. The summed E-state index contributed by atoms with van der Waals surface area (Å²) in [5.41, 5.74) is 0. The summed E-state index contributed by atoms with van der Waals surface area (Å²) in [5, 5.41) is 30.2. The molecule has 268 valence electrons. The van der Waals surface area contributed by atoms with E-state index in [0.717, 1.165) is 25.7 Å². The maximum atomic E-state index is 12.3. The van der Waals surface area contributed by atoms with Gasteiger partial charge in [-0.1, -0.05) is 117 Å². The third kappa shape index (κ3) is 20.8. The molecule has 0 aliphatic carbocycles. The number of aliphatic hydroxyl groups excluding tert-OH is 3. The van der Waals surface area contributed by atoms with Crippen LogP contribution in [0.1, 0.15) is 136 Å². The van der Waals surface area contributed by atoms with Gasteiger partial charge in [0.15, 0.2) is 6.29 Å². The molecular formula is C32H62O12S. The van der Waals surface area contributed by atoms with Gasteiger partial charge in [0.2, 0.25) is 0 Å². The summed E-state index contributed by atoms with van der Waals surface area (Å²) in [4.78, 5) is 12.3. The van der Waals surface area contributed by atoms with Gasteiger partial charge in [-0.2, -0.15) is 8.42 Å². The van der Waals surface area contributed by atoms with Gasteiger partial charge in [-0.3, -0.25) is 9.35 Å². The predicted molar refractivity (Wildman–Crippen MR) is 170 cm³/mol. The lowest BCUT2D eigenvalue weighted by atomic mass is 9.99. The number of ether oxygens (including phenoxy) is 4. The van der Waals surface area contributed by atoms with Crippen LogP contribution in [-0.2, 0) is 38.3 Å². The van der Waals surface area contributed by atoms with Crippen LogP contribution in [0.15, 0.2) is 0 Å². The van der Waals surface area contributed by atoms with E-state index in [1.165, 1.54) is 83.5 Å². The molecule has 0 radical (unpaired) electrons. The lowest BCUT2D eigenvalue weighted by Gasteiger charge is -2.41. The first kappa shape index (κ1) is 42.1. The van der Waals surface area contributed by atoms with Crippen LogP contribution in [0.2, 0.25) is 0 Å². The zero-order valence-electron chi connectivity index (χ0n) is 27.7. The second-order valence-corrected chi connectivity index (χ2v) is 13.2. The summed E-state index contributed by atoms with van der Waals surface area (Å²) in [6.07, 6.45) is 12.9. The van der Waals surface area contributed by atoms with Gasteiger partial charge in [0.25, 0.3) is 0 Å². The van der Waals surface area contributed by atoms with Crippen molar-refractivity contribution in [1.82, 2.24) is 0 Å². The Morgan fingerprint density at radius 2 is 1.27 bits per heavy atom. The minimum absolute atomic E-state index is 0.0381. The van der Waals surface area contributed by atoms with Gasteiger partial charge in [-0.25, -0.2) is 4.18 Å². The zero-order valence-corrected chi connectivity index (χ0v) is 28.5. The van der Waals surface area contributed by atoms with Crippen molar-refractivity contribution in [2.75, 3.05) is 26.4 Å². The van der Waals surface area contributed by atoms with Crippen LogP contribution < -0.4 is 0 Å². The Morgan fingerprint density at radius 1 is 0.756 bits per heavy atom. The Morgan fingerprint density at radius 3 is 1.76 bits per heavy atom. The molecule has 1 saturated heterocycles. The molecule has 45 heavy (non-hydrogen) atoms. The Labute approximate surface area is 271 Å². The predicted octanol–water partition coefficient (Wildman–Crippen LogP) is 5.01. The van der Waals surface area contributed by atoms with E-state index in [1.54, 1.807) is 0 Å². The highest BCUT2D eigenvalue weighted by Crippen LogP contribution is 2.26. The quantitative estimate of drug-likeness (QED) is 0.0476. The van der Waals surface area contributed by atoms with E-state index in [2.05, 4.69) is 11.1 Å². The highest BCUT2D eigenvalue weighted by molar-refractivity contribution is 7.80. The van der Waals surface area contributed by atoms with Crippen LogP contribution in [0.3, 0.4) is 0 Å². The van der Waals surface area contributed by atoms with E-state index in [0.29, 0.717) is 13.0 Å². The maximum absolute atomic E-state index is 12.3. The molecule has 4 N–H and O–H groups in total. The molecule has 1 rings (SSSR count). The molecule has 1 heterocycles. The molecule has 0 saturated carbocycles. The molecule has 1 aliphatic rings. The molecule has 6 unspecified atom stereocenters. The summed E-state index contributed by atoms with van der Waals surface area (Å²) in [6, 6.07) is 0. The monoisotopic (exact) mass is 670 g/mol. The average molecular weight is 671 g/mol. The summed E-state index contributed by atoms with van der Waals surface area (Å²) < 4.78 is 58.0. The minimum Gasteiger partial charge on any atom is -0.457 e. The van der Waals surface area contributed by atoms with Crippen molar-refractivity contribution in [3.8, 4) is 0 Å². The lowest BCUT2D eigenvalue weighted by Crippen LogP contribution is -2.60. The molecule has 0 aromatic carbocycles. The first-order chi connectivity index (χ1) is 21.6. The first-order valence-corrected chi connectivity index (χ1v) is 18.7. The Hall–Kier alpha value is -0.900. The first-order valence-electron chi connectivity index (χ1n) is 17.3. The van der Waals surface area contributed by atoms with Gasteiger partial charge in [-0.05, 0) is 12.8 Å². The highest BCUT2D eigenvalue weighted by atomic mass is 32.3. The van der Waals surface area contributed by atoms with Crippen molar-refractivity contribution in [2.45, 2.75) is 173 Å². The molecule has 0 amide bonds. The van der Waals surface area contributed by atoms with E-state index >= 15 is 0 Å². The third-order valence-corrected chi connectivity index (χ3v) is 8.44. The van der Waals surface area contributed by atoms with Gasteiger partial charge in [0.1, 0.15) is 30.5 Å². The van der Waals surface area contributed by atoms with Crippen LogP contribution in [0.25, 0.3) is 0 Å². The standard InChI is InChI=1S/C32H62O12S/c1-3-5-7-8-9-10-11-12-13-14-15-16-17-18-19-20-22-40-24-26(42-28(34)21-6-4-2)25-41-32-30(36)31(44-45(37,38)39)29(35)27(23-33)43-32/h26-27,29-33,35-36H,3-25H2,1-2H3,(H,37,38,39). The smallest absolute Gasteiger partial charge is 0.397 e. The minimum atomic E-state index is -5.04. The van der Waals surface area contributed by atoms with Crippen LogP contribution in [0.5, 0.6) is 0 Å². The Bertz CT molecular complexity index is 827. The van der Waals surface area contributed by atoms with Crippen molar-refractivity contribution in [3.63, 3.8) is 0 Å². The van der Waals surface area contributed by atoms with Crippen LogP contribution in [-0.4, -0.2) is 97.5 Å². The summed E-state index contributed by atoms with van der Waals surface area (Å²) >= 11 is 0. The summed E-state index contributed by atoms with van der Waals surface area (Å²) in [6.45, 7) is 3.71. The van der Waals surface area contributed by atoms with Crippen LogP contribution in [0, 0.1) is 0 Å². The topological polar surface area (TPSA) is 178 Å². The molecule has 13 heteroatoms. The largest absolute Gasteiger partial charge is 0.457 e. The average Bonchev–Trinajstić information content (AvgIpc) is 3.00. The Balaban J connectivity index is 2.32. The van der Waals surface area contributed by atoms with Crippen molar-refractivity contribution in [1.29, 1.82) is 0 Å². The number of rotatable bonds is 29. The van der Waals surface area contributed by atoms with Crippen molar-refractivity contribution < 1.29 is 56.2 Å². The van der Waals surface area contributed by atoms with Crippen molar-refractivity contribution >= 4 is 16.4 Å². The van der Waals surface area contributed by atoms with Gasteiger partial charge >= 0.3 is 16.4 Å². The van der Waals surface area contributed by atoms with E-state index in [-0.39, 0.29) is 19.6 Å². The number of unbranched alkanes of at least 4 members (excludes halogenated alkanes) is 16. The number of aliphatic hydroxyl groups is 3. The normalized spacial score (nSPS) is 22.8. The fraction of sp³-hybridized carbons (Fsp3) is 0.969. The van der Waals surface area contributed by atoms with E-state index < -0.39 is 59.8 Å². The molecule has 0 aromatic rings. The fourth-order valence-electron chi connectivity index (χ4n) is 5.30. The number of hydrogen-bond donors (Lipinski definition) is 4. The zero-order chi connectivity index (χ0) is 33.3. The summed E-state index contributed by atoms with van der Waals surface area (Å²) in [7, 11) is -5.04. The van der Waals surface area contributed by atoms with Gasteiger partial charge < -0.3 is 34.3 Å². The number of carbonyl (C=O) groups is 1. The molecular weight excluding hydrogens is 608 g/mol. The molecule has 0 aromatic heterocycles. The van der Waals surface area contributed by atoms with E-state index in [9.17, 15) is 28.5 Å². The van der Waals surface area contributed by atoms with Crippen molar-refractivity contribution in [2.24, 2.45) is 0 Å². The number of carbonyl (C=O) groups excluding carboxylic acids is 1. The fourth-order valence-corrected chi connectivity index (χ4v) is 5.80. The van der Waals surface area contributed by atoms with E-state index in [4.69, 9.17) is 23.5 Å². The van der Waals surface area contributed by atoms with Gasteiger partial charge in [0.05, 0.1) is 19.8 Å². The van der Waals surface area contributed by atoms with Gasteiger partial charge in [0, 0.05) is 13.0 Å². The van der Waals surface area contributed by atoms with Gasteiger partial charge in [-0.15, -0.1) is 0 Å². The maximum Gasteiger partial charge on any atom is 0.397 e. The number of esters is 1. The molecule has 6 atom stereocenters. The molecule has 1 fully saturated rings.